The van der Waals surface area contributed by atoms with Crippen LogP contribution in [0.5, 0.6) is 0 Å². The smallest absolute Gasteiger partial charge is 0.413 e. The Morgan fingerprint density at radius 3 is 2.67 bits per heavy atom. The van der Waals surface area contributed by atoms with E-state index in [0.717, 1.165) is 31.2 Å². The first kappa shape index (κ1) is 22.5. The summed E-state index contributed by atoms with van der Waals surface area (Å²) in [4.78, 5) is 26.4. The Hall–Kier alpha value is -2.20. The molecule has 3 rings (SSSR count). The molecule has 0 aliphatic heterocycles. The maximum atomic E-state index is 13.2. The van der Waals surface area contributed by atoms with Crippen LogP contribution < -0.4 is 5.32 Å². The van der Waals surface area contributed by atoms with Gasteiger partial charge in [0, 0.05) is 12.6 Å². The minimum atomic E-state index is -0.580. The highest BCUT2D eigenvalue weighted by Crippen LogP contribution is 2.28. The number of aromatic nitrogens is 2. The summed E-state index contributed by atoms with van der Waals surface area (Å²) in [6, 6.07) is 6.50. The van der Waals surface area contributed by atoms with E-state index in [4.69, 9.17) is 4.74 Å². The van der Waals surface area contributed by atoms with Gasteiger partial charge in [-0.15, -0.1) is 10.2 Å². The van der Waals surface area contributed by atoms with Crippen LogP contribution in [0.25, 0.3) is 0 Å². The second-order valence-corrected chi connectivity index (χ2v) is 9.15. The third-order valence-corrected chi connectivity index (χ3v) is 6.77. The maximum absolute atomic E-state index is 13.2. The summed E-state index contributed by atoms with van der Waals surface area (Å²) in [7, 11) is 0. The fourth-order valence-corrected chi connectivity index (χ4v) is 5.00. The van der Waals surface area contributed by atoms with Crippen molar-refractivity contribution in [3.63, 3.8) is 0 Å². The Balaban J connectivity index is 1.60. The van der Waals surface area contributed by atoms with Crippen LogP contribution in [0.15, 0.2) is 28.6 Å². The quantitative estimate of drug-likeness (QED) is 0.462. The number of carbonyl (C=O) groups excluding carboxylic acids is 2. The largest absolute Gasteiger partial charge is 0.450 e. The summed E-state index contributed by atoms with van der Waals surface area (Å²) in [6.45, 7) is 2.46. The molecule has 2 aromatic rings. The van der Waals surface area contributed by atoms with Crippen molar-refractivity contribution < 1.29 is 18.7 Å². The fourth-order valence-electron chi connectivity index (χ4n) is 3.38. The van der Waals surface area contributed by atoms with Crippen molar-refractivity contribution in [1.82, 2.24) is 15.1 Å². The lowest BCUT2D eigenvalue weighted by Crippen LogP contribution is -2.41. The number of ether oxygens (including phenoxy) is 1. The van der Waals surface area contributed by atoms with Gasteiger partial charge >= 0.3 is 6.09 Å². The number of hydrogen-bond acceptors (Lipinski definition) is 7. The van der Waals surface area contributed by atoms with Crippen molar-refractivity contribution >= 4 is 40.2 Å². The lowest BCUT2D eigenvalue weighted by atomic mass is 9.94. The molecule has 1 saturated carbocycles. The molecule has 1 aromatic heterocycles. The topological polar surface area (TPSA) is 84.4 Å². The van der Waals surface area contributed by atoms with E-state index >= 15 is 0 Å². The summed E-state index contributed by atoms with van der Waals surface area (Å²) in [5.74, 6) is -0.0363. The zero-order valence-electron chi connectivity index (χ0n) is 16.8. The second kappa shape index (κ2) is 11.3. The summed E-state index contributed by atoms with van der Waals surface area (Å²) < 4.78 is 18.7. The molecule has 1 aromatic carbocycles. The molecule has 0 unspecified atom stereocenters. The zero-order chi connectivity index (χ0) is 21.3. The maximum Gasteiger partial charge on any atom is 0.413 e. The molecule has 0 atom stereocenters. The molecule has 1 N–H and O–H groups in total. The van der Waals surface area contributed by atoms with Crippen molar-refractivity contribution in [2.24, 2.45) is 0 Å². The van der Waals surface area contributed by atoms with Crippen LogP contribution in [0.2, 0.25) is 0 Å². The monoisotopic (exact) mass is 452 g/mol. The SMILES string of the molecule is CCOC(=O)Nc1nnc(SCC(=O)N(Cc2ccc(F)cc2)C2CCCCC2)s1. The van der Waals surface area contributed by atoms with E-state index in [1.54, 1.807) is 19.1 Å². The molecular formula is C20H25FN4O3S2. The van der Waals surface area contributed by atoms with Crippen LogP contribution in [-0.2, 0) is 16.1 Å². The number of anilines is 1. The number of nitrogens with zero attached hydrogens (tertiary/aromatic N) is 3. The van der Waals surface area contributed by atoms with Crippen LogP contribution in [0.3, 0.4) is 0 Å². The fraction of sp³-hybridized carbons (Fsp3) is 0.500. The standard InChI is InChI=1S/C20H25FN4O3S2/c1-2-28-19(27)22-18-23-24-20(30-18)29-13-17(26)25(16-6-4-3-5-7-16)12-14-8-10-15(21)11-9-14/h8-11,16H,2-7,12-13H2,1H3,(H,22,23,27). The predicted octanol–water partition coefficient (Wildman–Crippen LogP) is 4.70. The molecular weight excluding hydrogens is 427 g/mol. The Labute approximate surface area is 183 Å². The van der Waals surface area contributed by atoms with Gasteiger partial charge in [0.2, 0.25) is 11.0 Å². The van der Waals surface area contributed by atoms with Crippen molar-refractivity contribution in [3.8, 4) is 0 Å². The average molecular weight is 453 g/mol. The van der Waals surface area contributed by atoms with Crippen LogP contribution in [0, 0.1) is 5.82 Å². The van der Waals surface area contributed by atoms with Crippen LogP contribution in [0.4, 0.5) is 14.3 Å². The highest BCUT2D eigenvalue weighted by molar-refractivity contribution is 8.01. The van der Waals surface area contributed by atoms with Gasteiger partial charge in [0.05, 0.1) is 12.4 Å². The number of carbonyl (C=O) groups is 2. The van der Waals surface area contributed by atoms with Gasteiger partial charge in [-0.1, -0.05) is 54.5 Å². The molecule has 162 valence electrons. The number of halogens is 1. The van der Waals surface area contributed by atoms with Gasteiger partial charge in [-0.2, -0.15) is 0 Å². The molecule has 2 amide bonds. The average Bonchev–Trinajstić information content (AvgIpc) is 3.19. The molecule has 0 radical (unpaired) electrons. The van der Waals surface area contributed by atoms with E-state index in [1.165, 1.54) is 41.7 Å². The Kier molecular flexibility index (Phi) is 8.44. The van der Waals surface area contributed by atoms with E-state index in [9.17, 15) is 14.0 Å². The van der Waals surface area contributed by atoms with Crippen molar-refractivity contribution in [2.75, 3.05) is 17.7 Å². The minimum absolute atomic E-state index is 0.0197. The van der Waals surface area contributed by atoms with Crippen molar-refractivity contribution in [3.05, 3.63) is 35.6 Å². The Morgan fingerprint density at radius 2 is 1.97 bits per heavy atom. The predicted molar refractivity (Wildman–Crippen MR) is 115 cm³/mol. The third kappa shape index (κ3) is 6.66. The van der Waals surface area contributed by atoms with Gasteiger partial charge in [-0.05, 0) is 37.5 Å². The number of amides is 2. The van der Waals surface area contributed by atoms with Crippen LogP contribution in [-0.4, -0.2) is 45.5 Å². The Morgan fingerprint density at radius 1 is 1.23 bits per heavy atom. The van der Waals surface area contributed by atoms with Gasteiger partial charge in [0.15, 0.2) is 4.34 Å². The normalized spacial score (nSPS) is 14.3. The van der Waals surface area contributed by atoms with Crippen molar-refractivity contribution in [1.29, 1.82) is 0 Å². The first-order chi connectivity index (χ1) is 14.5. The lowest BCUT2D eigenvalue weighted by molar-refractivity contribution is -0.132. The van der Waals surface area contributed by atoms with Gasteiger partial charge in [0.25, 0.3) is 0 Å². The van der Waals surface area contributed by atoms with E-state index in [0.29, 0.717) is 16.0 Å². The van der Waals surface area contributed by atoms with Gasteiger partial charge < -0.3 is 9.64 Å². The Bertz CT molecular complexity index is 841. The summed E-state index contributed by atoms with van der Waals surface area (Å²) in [5, 5.41) is 10.8. The van der Waals surface area contributed by atoms with E-state index in [-0.39, 0.29) is 30.1 Å². The van der Waals surface area contributed by atoms with E-state index < -0.39 is 6.09 Å². The zero-order valence-corrected chi connectivity index (χ0v) is 18.4. The molecule has 10 heteroatoms. The van der Waals surface area contributed by atoms with E-state index in [1.807, 2.05) is 4.90 Å². The summed E-state index contributed by atoms with van der Waals surface area (Å²) in [5.41, 5.74) is 0.914. The molecule has 7 nitrogen and oxygen atoms in total. The molecule has 1 aliphatic carbocycles. The molecule has 30 heavy (non-hydrogen) atoms. The number of benzene rings is 1. The molecule has 1 aliphatic rings. The van der Waals surface area contributed by atoms with Gasteiger partial charge in [-0.3, -0.25) is 10.1 Å². The summed E-state index contributed by atoms with van der Waals surface area (Å²) >= 11 is 2.50. The third-order valence-electron chi connectivity index (χ3n) is 4.81. The molecule has 0 bridgehead atoms. The number of thioether (sulfide) groups is 1. The number of rotatable bonds is 8. The van der Waals surface area contributed by atoms with Crippen LogP contribution >= 0.6 is 23.1 Å². The second-order valence-electron chi connectivity index (χ2n) is 6.95. The van der Waals surface area contributed by atoms with Crippen LogP contribution in [0.1, 0.15) is 44.6 Å². The van der Waals surface area contributed by atoms with Crippen molar-refractivity contribution in [2.45, 2.75) is 56.0 Å². The minimum Gasteiger partial charge on any atom is -0.450 e. The molecule has 1 fully saturated rings. The summed E-state index contributed by atoms with van der Waals surface area (Å²) in [6.07, 6.45) is 4.83. The first-order valence-corrected chi connectivity index (χ1v) is 11.8. The first-order valence-electron chi connectivity index (χ1n) is 9.99. The highest BCUT2D eigenvalue weighted by atomic mass is 32.2. The van der Waals surface area contributed by atoms with Gasteiger partial charge in [0.1, 0.15) is 5.82 Å². The number of hydrogen-bond donors (Lipinski definition) is 1. The van der Waals surface area contributed by atoms with Gasteiger partial charge in [-0.25, -0.2) is 9.18 Å². The lowest BCUT2D eigenvalue weighted by Gasteiger charge is -2.34. The number of nitrogens with one attached hydrogen (secondary N) is 1. The molecule has 0 spiro atoms. The molecule has 0 saturated heterocycles. The van der Waals surface area contributed by atoms with E-state index in [2.05, 4.69) is 15.5 Å². The highest BCUT2D eigenvalue weighted by Gasteiger charge is 2.26. The molecule has 1 heterocycles.